The van der Waals surface area contributed by atoms with Crippen LogP contribution in [0.1, 0.15) is 40.2 Å². The summed E-state index contributed by atoms with van der Waals surface area (Å²) >= 11 is 6.30. The minimum Gasteiger partial charge on any atom is -0.370 e. The highest BCUT2D eigenvalue weighted by molar-refractivity contribution is 6.31. The lowest BCUT2D eigenvalue weighted by molar-refractivity contribution is 0.102. The summed E-state index contributed by atoms with van der Waals surface area (Å²) in [5, 5.41) is 8.41. The highest BCUT2D eigenvalue weighted by Gasteiger charge is 2.22. The van der Waals surface area contributed by atoms with Crippen LogP contribution in [0, 0.1) is 13.8 Å². The Morgan fingerprint density at radius 2 is 1.76 bits per heavy atom. The van der Waals surface area contributed by atoms with Gasteiger partial charge in [-0.1, -0.05) is 41.9 Å². The minimum atomic E-state index is -0.128. The van der Waals surface area contributed by atoms with Crippen molar-refractivity contribution in [1.29, 1.82) is 0 Å². The molecule has 0 spiro atoms. The fourth-order valence-corrected chi connectivity index (χ4v) is 4.16. The van der Waals surface area contributed by atoms with Gasteiger partial charge in [0.05, 0.1) is 29.2 Å². The molecule has 0 bridgehead atoms. The molecule has 3 aromatic rings. The average Bonchev–Trinajstić information content (AvgIpc) is 3.33. The van der Waals surface area contributed by atoms with Gasteiger partial charge in [-0.15, -0.1) is 0 Å². The lowest BCUT2D eigenvalue weighted by Crippen LogP contribution is -2.21. The van der Waals surface area contributed by atoms with E-state index in [1.807, 2.05) is 61.0 Å². The van der Waals surface area contributed by atoms with Gasteiger partial charge in [-0.25, -0.2) is 0 Å². The number of carbonyl (C=O) groups excluding carboxylic acids is 1. The van der Waals surface area contributed by atoms with Gasteiger partial charge in [0, 0.05) is 23.8 Å². The molecule has 4 rings (SSSR count). The Balaban J connectivity index is 1.59. The second-order valence-corrected chi connectivity index (χ2v) is 7.87. The Hall–Kier alpha value is -2.79. The highest BCUT2D eigenvalue weighted by Crippen LogP contribution is 2.29. The lowest BCUT2D eigenvalue weighted by Gasteiger charge is -2.21. The predicted octanol–water partition coefficient (Wildman–Crippen LogP) is 5.05. The van der Waals surface area contributed by atoms with Crippen LogP contribution >= 0.6 is 11.6 Å². The van der Waals surface area contributed by atoms with E-state index in [1.54, 1.807) is 0 Å². The largest absolute Gasteiger partial charge is 0.370 e. The first-order chi connectivity index (χ1) is 14.0. The van der Waals surface area contributed by atoms with Crippen molar-refractivity contribution in [2.24, 2.45) is 0 Å². The Bertz CT molecular complexity index is 1040. The summed E-state index contributed by atoms with van der Waals surface area (Å²) in [6.45, 7) is 6.39. The molecule has 1 aliphatic rings. The number of aryl methyl sites for hydroxylation is 1. The van der Waals surface area contributed by atoms with E-state index in [1.165, 1.54) is 12.8 Å². The SMILES string of the molecule is Cc1nn(Cc2ccccc2Cl)c(C)c1C(=O)Nc1ccccc1N1CCCC1. The molecule has 1 fully saturated rings. The topological polar surface area (TPSA) is 50.2 Å². The van der Waals surface area contributed by atoms with Crippen molar-refractivity contribution in [3.8, 4) is 0 Å². The minimum absolute atomic E-state index is 0.128. The Morgan fingerprint density at radius 3 is 2.52 bits per heavy atom. The summed E-state index contributed by atoms with van der Waals surface area (Å²) in [7, 11) is 0. The summed E-state index contributed by atoms with van der Waals surface area (Å²) in [6.07, 6.45) is 2.38. The molecule has 150 valence electrons. The second-order valence-electron chi connectivity index (χ2n) is 7.46. The van der Waals surface area contributed by atoms with Gasteiger partial charge >= 0.3 is 0 Å². The van der Waals surface area contributed by atoms with E-state index in [4.69, 9.17) is 11.6 Å². The number of rotatable bonds is 5. The van der Waals surface area contributed by atoms with E-state index in [2.05, 4.69) is 21.4 Å². The number of para-hydroxylation sites is 2. The standard InChI is InChI=1S/C23H25ClN4O/c1-16-22(17(2)28(26-16)15-18-9-3-4-10-19(18)24)23(29)25-20-11-5-6-12-21(20)27-13-7-8-14-27/h3-6,9-12H,7-8,13-15H2,1-2H3,(H,25,29). The van der Waals surface area contributed by atoms with Crippen molar-refractivity contribution < 1.29 is 4.79 Å². The van der Waals surface area contributed by atoms with Crippen LogP contribution < -0.4 is 10.2 Å². The number of amides is 1. The van der Waals surface area contributed by atoms with E-state index < -0.39 is 0 Å². The molecular formula is C23H25ClN4O. The molecule has 2 heterocycles. The first-order valence-corrected chi connectivity index (χ1v) is 10.3. The van der Waals surface area contributed by atoms with Gasteiger partial charge < -0.3 is 10.2 Å². The molecule has 2 aromatic carbocycles. The van der Waals surface area contributed by atoms with Crippen LogP contribution in [0.3, 0.4) is 0 Å². The molecule has 5 nitrogen and oxygen atoms in total. The molecule has 1 saturated heterocycles. The van der Waals surface area contributed by atoms with Crippen molar-refractivity contribution in [1.82, 2.24) is 9.78 Å². The maximum atomic E-state index is 13.1. The summed E-state index contributed by atoms with van der Waals surface area (Å²) in [5.41, 5.74) is 5.07. The van der Waals surface area contributed by atoms with E-state index in [9.17, 15) is 4.79 Å². The zero-order chi connectivity index (χ0) is 20.4. The molecule has 0 saturated carbocycles. The van der Waals surface area contributed by atoms with E-state index in [0.29, 0.717) is 22.8 Å². The third-order valence-corrected chi connectivity index (χ3v) is 5.85. The van der Waals surface area contributed by atoms with Crippen LogP contribution in [0.5, 0.6) is 0 Å². The van der Waals surface area contributed by atoms with Crippen molar-refractivity contribution in [2.75, 3.05) is 23.3 Å². The van der Waals surface area contributed by atoms with Crippen LogP contribution in [0.25, 0.3) is 0 Å². The van der Waals surface area contributed by atoms with E-state index in [0.717, 1.165) is 35.7 Å². The summed E-state index contributed by atoms with van der Waals surface area (Å²) in [5.74, 6) is -0.128. The molecule has 1 amide bonds. The summed E-state index contributed by atoms with van der Waals surface area (Å²) in [6, 6.07) is 15.7. The third kappa shape index (κ3) is 4.01. The molecule has 0 aliphatic carbocycles. The van der Waals surface area contributed by atoms with Crippen molar-refractivity contribution >= 4 is 28.9 Å². The van der Waals surface area contributed by atoms with Gasteiger partial charge in [0.15, 0.2) is 0 Å². The zero-order valence-electron chi connectivity index (χ0n) is 16.8. The van der Waals surface area contributed by atoms with Crippen LogP contribution in [0.15, 0.2) is 48.5 Å². The number of hydrogen-bond acceptors (Lipinski definition) is 3. The van der Waals surface area contributed by atoms with Gasteiger partial charge in [-0.2, -0.15) is 5.10 Å². The first-order valence-electron chi connectivity index (χ1n) is 9.97. The number of hydrogen-bond donors (Lipinski definition) is 1. The van der Waals surface area contributed by atoms with Gasteiger partial charge in [0.1, 0.15) is 0 Å². The second kappa shape index (κ2) is 8.29. The number of anilines is 2. The van der Waals surface area contributed by atoms with E-state index in [-0.39, 0.29) is 5.91 Å². The Kier molecular flexibility index (Phi) is 5.58. The number of nitrogens with one attached hydrogen (secondary N) is 1. The van der Waals surface area contributed by atoms with Gasteiger partial charge in [-0.3, -0.25) is 9.48 Å². The molecule has 1 aliphatic heterocycles. The predicted molar refractivity (Wildman–Crippen MR) is 118 cm³/mol. The van der Waals surface area contributed by atoms with E-state index >= 15 is 0 Å². The van der Waals surface area contributed by atoms with Crippen molar-refractivity contribution in [3.05, 3.63) is 76.1 Å². The van der Waals surface area contributed by atoms with Crippen LogP contribution in [-0.2, 0) is 6.54 Å². The molecule has 0 atom stereocenters. The smallest absolute Gasteiger partial charge is 0.259 e. The fraction of sp³-hybridized carbons (Fsp3) is 0.304. The molecule has 1 aromatic heterocycles. The van der Waals surface area contributed by atoms with Gasteiger partial charge in [0.25, 0.3) is 5.91 Å². The quantitative estimate of drug-likeness (QED) is 0.642. The number of carbonyl (C=O) groups is 1. The molecule has 0 radical (unpaired) electrons. The molecule has 1 N–H and O–H groups in total. The maximum Gasteiger partial charge on any atom is 0.259 e. The molecule has 6 heteroatoms. The highest BCUT2D eigenvalue weighted by atomic mass is 35.5. The van der Waals surface area contributed by atoms with Crippen LogP contribution in [-0.4, -0.2) is 28.8 Å². The number of benzene rings is 2. The maximum absolute atomic E-state index is 13.1. The first kappa shape index (κ1) is 19.5. The van der Waals surface area contributed by atoms with Crippen LogP contribution in [0.4, 0.5) is 11.4 Å². The molecular weight excluding hydrogens is 384 g/mol. The zero-order valence-corrected chi connectivity index (χ0v) is 17.5. The van der Waals surface area contributed by atoms with Crippen molar-refractivity contribution in [2.45, 2.75) is 33.2 Å². The van der Waals surface area contributed by atoms with Crippen LogP contribution in [0.2, 0.25) is 5.02 Å². The van der Waals surface area contributed by atoms with Gasteiger partial charge in [0.2, 0.25) is 0 Å². The van der Waals surface area contributed by atoms with Gasteiger partial charge in [-0.05, 0) is 50.5 Å². The molecule has 29 heavy (non-hydrogen) atoms. The molecule has 0 unspecified atom stereocenters. The third-order valence-electron chi connectivity index (χ3n) is 5.49. The summed E-state index contributed by atoms with van der Waals surface area (Å²) < 4.78 is 1.85. The number of nitrogens with zero attached hydrogens (tertiary/aromatic N) is 3. The van der Waals surface area contributed by atoms with Crippen molar-refractivity contribution in [3.63, 3.8) is 0 Å². The Labute approximate surface area is 176 Å². The fourth-order valence-electron chi connectivity index (χ4n) is 3.97. The monoisotopic (exact) mass is 408 g/mol. The number of aromatic nitrogens is 2. The number of halogens is 1. The normalized spacial score (nSPS) is 13.7. The summed E-state index contributed by atoms with van der Waals surface area (Å²) in [4.78, 5) is 15.5. The average molecular weight is 409 g/mol. The Morgan fingerprint density at radius 1 is 1.07 bits per heavy atom. The lowest BCUT2D eigenvalue weighted by atomic mass is 10.1.